The summed E-state index contributed by atoms with van der Waals surface area (Å²) < 4.78 is 4.61. The van der Waals surface area contributed by atoms with Crippen molar-refractivity contribution in [2.45, 2.75) is 0 Å². The third-order valence-corrected chi connectivity index (χ3v) is 2.73. The van der Waals surface area contributed by atoms with Gasteiger partial charge in [0, 0.05) is 11.3 Å². The molecule has 0 bridgehead atoms. The fourth-order valence-corrected chi connectivity index (χ4v) is 1.78. The highest BCUT2D eigenvalue weighted by atomic mass is 16.5. The SMILES string of the molecule is COC(=O)C1=C(N)C=C(c2ccccc2)N(O)C1. The number of benzene rings is 1. The number of nitrogens with two attached hydrogens (primary N) is 1. The summed E-state index contributed by atoms with van der Waals surface area (Å²) in [6.45, 7) is 0.0131. The van der Waals surface area contributed by atoms with Crippen LogP contribution >= 0.6 is 0 Å². The Bertz CT molecular complexity index is 520. The third kappa shape index (κ3) is 2.21. The zero-order valence-corrected chi connectivity index (χ0v) is 9.96. The van der Waals surface area contributed by atoms with Gasteiger partial charge in [-0.25, -0.2) is 4.79 Å². The molecule has 0 saturated heterocycles. The minimum atomic E-state index is -0.532. The molecule has 0 amide bonds. The molecule has 0 aromatic heterocycles. The Morgan fingerprint density at radius 3 is 2.67 bits per heavy atom. The number of nitrogens with zero attached hydrogens (tertiary/aromatic N) is 1. The molecule has 2 rings (SSSR count). The summed E-state index contributed by atoms with van der Waals surface area (Å²) in [6.07, 6.45) is 1.56. The minimum Gasteiger partial charge on any atom is -0.466 e. The largest absolute Gasteiger partial charge is 0.466 e. The molecule has 1 aromatic rings. The van der Waals surface area contributed by atoms with Gasteiger partial charge < -0.3 is 10.5 Å². The molecular formula is C13H14N2O3. The van der Waals surface area contributed by atoms with E-state index in [0.29, 0.717) is 11.4 Å². The van der Waals surface area contributed by atoms with Crippen LogP contribution in [0.15, 0.2) is 47.7 Å². The molecule has 0 radical (unpaired) electrons. The lowest BCUT2D eigenvalue weighted by Crippen LogP contribution is -2.30. The highest BCUT2D eigenvalue weighted by molar-refractivity contribution is 5.92. The van der Waals surface area contributed by atoms with Crippen molar-refractivity contribution in [2.24, 2.45) is 5.73 Å². The molecule has 18 heavy (non-hydrogen) atoms. The van der Waals surface area contributed by atoms with Crippen LogP contribution in [0.25, 0.3) is 5.70 Å². The lowest BCUT2D eigenvalue weighted by molar-refractivity contribution is -0.137. The highest BCUT2D eigenvalue weighted by Gasteiger charge is 2.23. The van der Waals surface area contributed by atoms with Crippen molar-refractivity contribution >= 4 is 11.7 Å². The molecule has 0 spiro atoms. The molecule has 1 aliphatic heterocycles. The molecule has 0 saturated carbocycles. The Kier molecular flexibility index (Phi) is 3.34. The standard InChI is InChI=1S/C13H14N2O3/c1-18-13(16)10-8-15(17)12(7-11(10)14)9-5-3-2-4-6-9/h2-7,17H,8,14H2,1H3. The van der Waals surface area contributed by atoms with E-state index in [2.05, 4.69) is 4.74 Å². The van der Waals surface area contributed by atoms with Gasteiger partial charge in [0.25, 0.3) is 0 Å². The molecule has 0 fully saturated rings. The van der Waals surface area contributed by atoms with Crippen molar-refractivity contribution in [1.29, 1.82) is 0 Å². The van der Waals surface area contributed by atoms with Crippen molar-refractivity contribution in [2.75, 3.05) is 13.7 Å². The first-order valence-electron chi connectivity index (χ1n) is 5.44. The second-order valence-corrected chi connectivity index (χ2v) is 3.88. The molecule has 1 aliphatic rings. The van der Waals surface area contributed by atoms with Crippen LogP contribution < -0.4 is 5.73 Å². The van der Waals surface area contributed by atoms with Gasteiger partial charge in [-0.2, -0.15) is 0 Å². The van der Waals surface area contributed by atoms with E-state index in [1.165, 1.54) is 7.11 Å². The van der Waals surface area contributed by atoms with Crippen molar-refractivity contribution < 1.29 is 14.7 Å². The van der Waals surface area contributed by atoms with Gasteiger partial charge >= 0.3 is 5.97 Å². The first-order chi connectivity index (χ1) is 8.63. The first-order valence-corrected chi connectivity index (χ1v) is 5.44. The normalized spacial score (nSPS) is 15.4. The van der Waals surface area contributed by atoms with Crippen LogP contribution in [0.3, 0.4) is 0 Å². The van der Waals surface area contributed by atoms with Gasteiger partial charge in [-0.1, -0.05) is 30.3 Å². The monoisotopic (exact) mass is 246 g/mol. The number of carbonyl (C=O) groups excluding carboxylic acids is 1. The zero-order valence-electron chi connectivity index (χ0n) is 9.96. The van der Waals surface area contributed by atoms with E-state index >= 15 is 0 Å². The molecule has 5 nitrogen and oxygen atoms in total. The quantitative estimate of drug-likeness (QED) is 0.765. The topological polar surface area (TPSA) is 75.8 Å². The Morgan fingerprint density at radius 1 is 1.39 bits per heavy atom. The summed E-state index contributed by atoms with van der Waals surface area (Å²) >= 11 is 0. The number of methoxy groups -OCH3 is 1. The van der Waals surface area contributed by atoms with E-state index in [1.807, 2.05) is 30.3 Å². The van der Waals surface area contributed by atoms with Crippen LogP contribution in [0.2, 0.25) is 0 Å². The predicted octanol–water partition coefficient (Wildman–Crippen LogP) is 1.12. The van der Waals surface area contributed by atoms with Gasteiger partial charge in [-0.3, -0.25) is 10.3 Å². The van der Waals surface area contributed by atoms with Gasteiger partial charge in [0.05, 0.1) is 24.9 Å². The van der Waals surface area contributed by atoms with Gasteiger partial charge in [-0.15, -0.1) is 0 Å². The maximum absolute atomic E-state index is 11.4. The number of carbonyl (C=O) groups is 1. The second kappa shape index (κ2) is 4.93. The molecular weight excluding hydrogens is 232 g/mol. The van der Waals surface area contributed by atoms with Crippen LogP contribution in [-0.2, 0) is 9.53 Å². The van der Waals surface area contributed by atoms with Crippen molar-refractivity contribution in [3.63, 3.8) is 0 Å². The average molecular weight is 246 g/mol. The van der Waals surface area contributed by atoms with Crippen LogP contribution in [0.1, 0.15) is 5.56 Å². The maximum Gasteiger partial charge on any atom is 0.337 e. The van der Waals surface area contributed by atoms with E-state index in [-0.39, 0.29) is 12.1 Å². The molecule has 1 aromatic carbocycles. The summed E-state index contributed by atoms with van der Waals surface area (Å²) in [5.74, 6) is -0.532. The fraction of sp³-hybridized carbons (Fsp3) is 0.154. The third-order valence-electron chi connectivity index (χ3n) is 2.73. The number of hydrogen-bond acceptors (Lipinski definition) is 5. The zero-order chi connectivity index (χ0) is 13.1. The Balaban J connectivity index is 2.40. The minimum absolute atomic E-state index is 0.0131. The molecule has 3 N–H and O–H groups in total. The van der Waals surface area contributed by atoms with Gasteiger partial charge in [-0.05, 0) is 6.08 Å². The Hall–Kier alpha value is -2.27. The maximum atomic E-state index is 11.4. The lowest BCUT2D eigenvalue weighted by Gasteiger charge is -2.26. The molecule has 94 valence electrons. The van der Waals surface area contributed by atoms with E-state index in [0.717, 1.165) is 10.6 Å². The summed E-state index contributed by atoms with van der Waals surface area (Å²) in [5, 5.41) is 10.9. The molecule has 1 heterocycles. The average Bonchev–Trinajstić information content (AvgIpc) is 2.41. The molecule has 0 unspecified atom stereocenters. The van der Waals surface area contributed by atoms with Crippen LogP contribution in [0.5, 0.6) is 0 Å². The predicted molar refractivity (Wildman–Crippen MR) is 66.1 cm³/mol. The number of hydrogen-bond donors (Lipinski definition) is 2. The summed E-state index contributed by atoms with van der Waals surface area (Å²) in [6, 6.07) is 9.31. The van der Waals surface area contributed by atoms with Crippen LogP contribution in [0.4, 0.5) is 0 Å². The Labute approximate surface area is 105 Å². The highest BCUT2D eigenvalue weighted by Crippen LogP contribution is 2.25. The molecule has 0 atom stereocenters. The fourth-order valence-electron chi connectivity index (χ4n) is 1.78. The summed E-state index contributed by atoms with van der Waals surface area (Å²) in [5.41, 5.74) is 7.75. The Morgan fingerprint density at radius 2 is 2.06 bits per heavy atom. The summed E-state index contributed by atoms with van der Waals surface area (Å²) in [7, 11) is 1.28. The van der Waals surface area contributed by atoms with Crippen molar-refractivity contribution in [3.05, 3.63) is 53.2 Å². The number of esters is 1. The van der Waals surface area contributed by atoms with E-state index in [4.69, 9.17) is 5.73 Å². The second-order valence-electron chi connectivity index (χ2n) is 3.88. The number of allylic oxidation sites excluding steroid dienone is 1. The summed E-state index contributed by atoms with van der Waals surface area (Å²) in [4.78, 5) is 11.4. The molecule has 5 heteroatoms. The lowest BCUT2D eigenvalue weighted by atomic mass is 10.0. The van der Waals surface area contributed by atoms with E-state index in [1.54, 1.807) is 6.08 Å². The van der Waals surface area contributed by atoms with Crippen molar-refractivity contribution in [1.82, 2.24) is 5.06 Å². The van der Waals surface area contributed by atoms with Crippen LogP contribution in [-0.4, -0.2) is 29.9 Å². The van der Waals surface area contributed by atoms with E-state index < -0.39 is 5.97 Å². The van der Waals surface area contributed by atoms with Crippen LogP contribution in [0, 0.1) is 0 Å². The smallest absolute Gasteiger partial charge is 0.337 e. The number of hydroxylamine groups is 2. The molecule has 0 aliphatic carbocycles. The van der Waals surface area contributed by atoms with Gasteiger partial charge in [0.2, 0.25) is 0 Å². The first kappa shape index (κ1) is 12.2. The number of rotatable bonds is 2. The number of ether oxygens (including phenoxy) is 1. The van der Waals surface area contributed by atoms with E-state index in [9.17, 15) is 10.0 Å². The van der Waals surface area contributed by atoms with Gasteiger partial charge in [0.1, 0.15) is 0 Å². The van der Waals surface area contributed by atoms with Gasteiger partial charge in [0.15, 0.2) is 0 Å². The van der Waals surface area contributed by atoms with Crippen molar-refractivity contribution in [3.8, 4) is 0 Å².